The Morgan fingerprint density at radius 1 is 1.12 bits per heavy atom. The molecule has 0 saturated heterocycles. The number of carbonyl (C=O) groups excluding carboxylic acids is 2. The number of rotatable bonds is 5. The van der Waals surface area contributed by atoms with E-state index in [2.05, 4.69) is 5.32 Å². The summed E-state index contributed by atoms with van der Waals surface area (Å²) in [5, 5.41) is 21.5. The molecule has 9 heteroatoms. The molecule has 0 bridgehead atoms. The highest BCUT2D eigenvalue weighted by atomic mass is 19.4. The fraction of sp³-hybridized carbons (Fsp3) is 0.292. The van der Waals surface area contributed by atoms with Gasteiger partial charge in [-0.2, -0.15) is 13.2 Å². The predicted octanol–water partition coefficient (Wildman–Crippen LogP) is 3.81. The minimum absolute atomic E-state index is 0.179. The van der Waals surface area contributed by atoms with Crippen LogP contribution < -0.4 is 5.32 Å². The molecular formula is C24H20F3NO5. The molecule has 0 heterocycles. The van der Waals surface area contributed by atoms with Crippen molar-refractivity contribution in [3.63, 3.8) is 0 Å². The predicted molar refractivity (Wildman–Crippen MR) is 111 cm³/mol. The first-order valence-corrected chi connectivity index (χ1v) is 10.3. The van der Waals surface area contributed by atoms with Crippen LogP contribution in [0, 0.1) is 5.92 Å². The van der Waals surface area contributed by atoms with Crippen molar-refractivity contribution >= 4 is 17.7 Å². The van der Waals surface area contributed by atoms with Gasteiger partial charge in [0.1, 0.15) is 17.9 Å². The lowest BCUT2D eigenvalue weighted by Crippen LogP contribution is -2.34. The molecule has 172 valence electrons. The van der Waals surface area contributed by atoms with E-state index in [0.717, 1.165) is 35.3 Å². The molecule has 0 aliphatic heterocycles. The molecule has 4 rings (SSSR count). The minimum atomic E-state index is -4.38. The lowest BCUT2D eigenvalue weighted by atomic mass is 9.79. The summed E-state index contributed by atoms with van der Waals surface area (Å²) in [7, 11) is 0. The average Bonchev–Trinajstić information content (AvgIpc) is 3.09. The molecule has 0 radical (unpaired) electrons. The number of alkyl halides is 3. The topological polar surface area (TPSA) is 104 Å². The van der Waals surface area contributed by atoms with Crippen LogP contribution in [-0.2, 0) is 27.0 Å². The van der Waals surface area contributed by atoms with Crippen LogP contribution >= 0.6 is 0 Å². The summed E-state index contributed by atoms with van der Waals surface area (Å²) in [5.74, 6) is -3.21. The standard InChI is InChI=1S/C24H20F3NO5/c25-24(26,27)16-4-1-12(2-5-16)7-13-3-6-17-14(8-13)9-15-10-18(29)21(22(32)20(15)17)23(33)28-11-19(30)31/h1-2,4-5,9-10,13,32H,3,6-8,11H2,(H,28,33)(H,30,31). The number of nitrogens with one attached hydrogen (secondary N) is 1. The maximum atomic E-state index is 12.8. The molecule has 33 heavy (non-hydrogen) atoms. The first-order chi connectivity index (χ1) is 15.5. The molecule has 1 unspecified atom stereocenters. The van der Waals surface area contributed by atoms with E-state index in [0.29, 0.717) is 30.4 Å². The Hall–Kier alpha value is -3.62. The Balaban J connectivity index is 1.52. The third kappa shape index (κ3) is 4.48. The van der Waals surface area contributed by atoms with Crippen LogP contribution in [0.5, 0.6) is 0 Å². The second-order valence-electron chi connectivity index (χ2n) is 8.29. The number of hydrogen-bond donors (Lipinski definition) is 3. The highest BCUT2D eigenvalue weighted by molar-refractivity contribution is 6.26. The fourth-order valence-corrected chi connectivity index (χ4v) is 4.56. The summed E-state index contributed by atoms with van der Waals surface area (Å²) in [6.07, 6.45) is 1.20. The molecular weight excluding hydrogens is 439 g/mol. The van der Waals surface area contributed by atoms with E-state index in [4.69, 9.17) is 5.11 Å². The summed E-state index contributed by atoms with van der Waals surface area (Å²) in [6.45, 7) is -0.680. The smallest absolute Gasteiger partial charge is 0.416 e. The van der Waals surface area contributed by atoms with Crippen molar-refractivity contribution in [1.82, 2.24) is 5.32 Å². The maximum Gasteiger partial charge on any atom is 0.416 e. The van der Waals surface area contributed by atoms with Gasteiger partial charge in [0.15, 0.2) is 5.78 Å². The SMILES string of the molecule is O=C(O)CNC(=O)C1=C(O)C2=C3CCC(Cc4ccc(C(F)(F)F)cc4)CC3=CC2=CC1=O. The summed E-state index contributed by atoms with van der Waals surface area (Å²) >= 11 is 0. The van der Waals surface area contributed by atoms with Gasteiger partial charge in [-0.25, -0.2) is 0 Å². The molecule has 1 fully saturated rings. The van der Waals surface area contributed by atoms with E-state index < -0.39 is 47.3 Å². The van der Waals surface area contributed by atoms with Crippen LogP contribution in [0.25, 0.3) is 0 Å². The zero-order chi connectivity index (χ0) is 23.9. The van der Waals surface area contributed by atoms with Crippen molar-refractivity contribution in [3.05, 3.63) is 81.2 Å². The Kier molecular flexibility index (Phi) is 5.73. The summed E-state index contributed by atoms with van der Waals surface area (Å²) in [5.41, 5.74) is 2.31. The molecule has 1 aromatic rings. The van der Waals surface area contributed by atoms with Crippen LogP contribution in [-0.4, -0.2) is 34.4 Å². The Bertz CT molecular complexity index is 1170. The molecule has 1 amide bonds. The van der Waals surface area contributed by atoms with Crippen molar-refractivity contribution in [3.8, 4) is 0 Å². The Morgan fingerprint density at radius 2 is 1.82 bits per heavy atom. The third-order valence-corrected chi connectivity index (χ3v) is 6.06. The number of hydrogen-bond acceptors (Lipinski definition) is 4. The normalized spacial score (nSPS) is 20.2. The summed E-state index contributed by atoms with van der Waals surface area (Å²) in [6, 6.07) is 5.12. The van der Waals surface area contributed by atoms with Crippen LogP contribution in [0.1, 0.15) is 30.4 Å². The van der Waals surface area contributed by atoms with Gasteiger partial charge < -0.3 is 15.5 Å². The van der Waals surface area contributed by atoms with E-state index in [1.54, 1.807) is 6.08 Å². The first-order valence-electron chi connectivity index (χ1n) is 10.3. The van der Waals surface area contributed by atoms with E-state index in [1.165, 1.54) is 18.2 Å². The number of aliphatic hydroxyl groups excluding tert-OH is 1. The van der Waals surface area contributed by atoms with Gasteiger partial charge in [0.25, 0.3) is 5.91 Å². The van der Waals surface area contributed by atoms with Crippen LogP contribution in [0.3, 0.4) is 0 Å². The average molecular weight is 459 g/mol. The van der Waals surface area contributed by atoms with Gasteiger partial charge in [-0.1, -0.05) is 18.2 Å². The molecule has 3 aliphatic rings. The van der Waals surface area contributed by atoms with Crippen LogP contribution in [0.2, 0.25) is 0 Å². The van der Waals surface area contributed by atoms with Gasteiger partial charge in [0.2, 0.25) is 0 Å². The number of ketones is 1. The van der Waals surface area contributed by atoms with Gasteiger partial charge >= 0.3 is 12.1 Å². The van der Waals surface area contributed by atoms with E-state index >= 15 is 0 Å². The van der Waals surface area contributed by atoms with Crippen LogP contribution in [0.4, 0.5) is 13.2 Å². The number of carbonyl (C=O) groups is 3. The number of fused-ring (bicyclic) bond motifs is 2. The van der Waals surface area contributed by atoms with Gasteiger partial charge in [-0.15, -0.1) is 0 Å². The van der Waals surface area contributed by atoms with Crippen molar-refractivity contribution in [1.29, 1.82) is 0 Å². The molecule has 1 atom stereocenters. The maximum absolute atomic E-state index is 12.8. The van der Waals surface area contributed by atoms with Crippen molar-refractivity contribution in [2.24, 2.45) is 5.92 Å². The number of aliphatic carboxylic acids is 1. The molecule has 1 saturated carbocycles. The monoisotopic (exact) mass is 459 g/mol. The zero-order valence-corrected chi connectivity index (χ0v) is 17.3. The Morgan fingerprint density at radius 3 is 2.45 bits per heavy atom. The molecule has 1 aromatic carbocycles. The molecule has 0 aromatic heterocycles. The van der Waals surface area contributed by atoms with E-state index in [1.807, 2.05) is 0 Å². The summed E-state index contributed by atoms with van der Waals surface area (Å²) in [4.78, 5) is 35.4. The van der Waals surface area contributed by atoms with Crippen molar-refractivity contribution < 1.29 is 37.8 Å². The number of carboxylic acid groups (broad SMARTS) is 1. The van der Waals surface area contributed by atoms with Gasteiger partial charge in [-0.3, -0.25) is 14.4 Å². The van der Waals surface area contributed by atoms with Gasteiger partial charge in [0, 0.05) is 5.57 Å². The van der Waals surface area contributed by atoms with Crippen molar-refractivity contribution in [2.75, 3.05) is 6.54 Å². The Labute approximate surface area is 186 Å². The van der Waals surface area contributed by atoms with Gasteiger partial charge in [0.05, 0.1) is 5.56 Å². The minimum Gasteiger partial charge on any atom is -0.506 e. The van der Waals surface area contributed by atoms with Crippen molar-refractivity contribution in [2.45, 2.75) is 31.9 Å². The second-order valence-corrected chi connectivity index (χ2v) is 8.29. The number of amides is 1. The lowest BCUT2D eigenvalue weighted by molar-refractivity contribution is -0.138. The number of benzene rings is 1. The second kappa shape index (κ2) is 8.38. The fourth-order valence-electron chi connectivity index (χ4n) is 4.56. The van der Waals surface area contributed by atoms with Crippen LogP contribution in [0.15, 0.2) is 70.0 Å². The summed E-state index contributed by atoms with van der Waals surface area (Å²) < 4.78 is 38.3. The third-order valence-electron chi connectivity index (χ3n) is 6.06. The molecule has 6 nitrogen and oxygen atoms in total. The number of allylic oxidation sites excluding steroid dienone is 5. The number of halogens is 3. The van der Waals surface area contributed by atoms with Gasteiger partial charge in [-0.05, 0) is 72.1 Å². The highest BCUT2D eigenvalue weighted by Gasteiger charge is 2.37. The van der Waals surface area contributed by atoms with E-state index in [-0.39, 0.29) is 5.92 Å². The largest absolute Gasteiger partial charge is 0.506 e. The van der Waals surface area contributed by atoms with E-state index in [9.17, 15) is 32.7 Å². The first kappa shape index (κ1) is 22.6. The number of aliphatic hydroxyl groups is 1. The zero-order valence-electron chi connectivity index (χ0n) is 17.3. The highest BCUT2D eigenvalue weighted by Crippen LogP contribution is 2.46. The molecule has 3 N–H and O–H groups in total. The lowest BCUT2D eigenvalue weighted by Gasteiger charge is -2.26. The number of carboxylic acids is 1. The molecule has 3 aliphatic carbocycles. The quantitative estimate of drug-likeness (QED) is 0.581. The molecule has 0 spiro atoms.